The second-order valence-corrected chi connectivity index (χ2v) is 7.08. The maximum Gasteiger partial charge on any atom is 0.234 e. The third-order valence-electron chi connectivity index (χ3n) is 4.05. The largest absolute Gasteiger partial charge is 0.495 e. The van der Waals surface area contributed by atoms with Crippen molar-refractivity contribution in [2.75, 3.05) is 18.2 Å². The Balaban J connectivity index is 1.65. The third-order valence-corrected chi connectivity index (χ3v) is 5.01. The first-order chi connectivity index (χ1) is 13.1. The monoisotopic (exact) mass is 382 g/mol. The van der Waals surface area contributed by atoms with Gasteiger partial charge in [0.05, 0.1) is 25.1 Å². The second-order valence-electron chi connectivity index (χ2n) is 6.14. The molecule has 0 unspecified atom stereocenters. The van der Waals surface area contributed by atoms with E-state index in [2.05, 4.69) is 27.6 Å². The Kier molecular flexibility index (Phi) is 6.13. The van der Waals surface area contributed by atoms with E-state index < -0.39 is 0 Å². The number of nitrogens with one attached hydrogen (secondary N) is 1. The van der Waals surface area contributed by atoms with E-state index in [1.165, 1.54) is 11.8 Å². The van der Waals surface area contributed by atoms with E-state index in [0.29, 0.717) is 18.0 Å². The van der Waals surface area contributed by atoms with Gasteiger partial charge in [0.2, 0.25) is 5.91 Å². The number of aromatic nitrogens is 3. The Hall–Kier alpha value is -2.80. The molecule has 0 aliphatic rings. The summed E-state index contributed by atoms with van der Waals surface area (Å²) in [5.74, 6) is 1.59. The number of benzene rings is 2. The predicted molar refractivity (Wildman–Crippen MR) is 107 cm³/mol. The number of carbonyl (C=O) groups is 1. The number of hydrogen-bond acceptors (Lipinski definition) is 5. The summed E-state index contributed by atoms with van der Waals surface area (Å²) in [6.07, 6.45) is 0. The molecule has 7 heteroatoms. The van der Waals surface area contributed by atoms with Crippen molar-refractivity contribution in [3.63, 3.8) is 0 Å². The molecule has 3 aromatic rings. The van der Waals surface area contributed by atoms with Crippen LogP contribution < -0.4 is 10.1 Å². The number of carbonyl (C=O) groups excluding carboxylic acids is 1. The van der Waals surface area contributed by atoms with Crippen molar-refractivity contribution in [3.8, 4) is 5.75 Å². The van der Waals surface area contributed by atoms with E-state index in [0.717, 1.165) is 22.1 Å². The van der Waals surface area contributed by atoms with Gasteiger partial charge in [-0.25, -0.2) is 0 Å². The van der Waals surface area contributed by atoms with E-state index in [4.69, 9.17) is 4.74 Å². The fourth-order valence-electron chi connectivity index (χ4n) is 2.65. The average molecular weight is 382 g/mol. The van der Waals surface area contributed by atoms with Gasteiger partial charge in [-0.05, 0) is 37.1 Å². The number of nitrogens with zero attached hydrogens (tertiary/aromatic N) is 3. The molecule has 140 valence electrons. The molecule has 27 heavy (non-hydrogen) atoms. The van der Waals surface area contributed by atoms with Crippen LogP contribution in [0.25, 0.3) is 0 Å². The van der Waals surface area contributed by atoms with Gasteiger partial charge < -0.3 is 14.6 Å². The van der Waals surface area contributed by atoms with E-state index in [1.807, 2.05) is 54.8 Å². The number of methoxy groups -OCH3 is 1. The highest BCUT2D eigenvalue weighted by Crippen LogP contribution is 2.26. The van der Waals surface area contributed by atoms with Crippen LogP contribution in [0.2, 0.25) is 0 Å². The molecule has 0 bridgehead atoms. The van der Waals surface area contributed by atoms with Gasteiger partial charge in [0.1, 0.15) is 11.6 Å². The summed E-state index contributed by atoms with van der Waals surface area (Å²) < 4.78 is 7.32. The van der Waals surface area contributed by atoms with E-state index >= 15 is 0 Å². The Labute approximate surface area is 163 Å². The first kappa shape index (κ1) is 19.0. The van der Waals surface area contributed by atoms with Crippen LogP contribution in [0.4, 0.5) is 5.69 Å². The highest BCUT2D eigenvalue weighted by Gasteiger charge is 2.13. The highest BCUT2D eigenvalue weighted by atomic mass is 32.2. The van der Waals surface area contributed by atoms with Crippen molar-refractivity contribution >= 4 is 23.4 Å². The molecule has 1 N–H and O–H groups in total. The summed E-state index contributed by atoms with van der Waals surface area (Å²) in [6.45, 7) is 4.56. The van der Waals surface area contributed by atoms with Crippen molar-refractivity contribution in [1.82, 2.24) is 14.8 Å². The highest BCUT2D eigenvalue weighted by molar-refractivity contribution is 7.99. The van der Waals surface area contributed by atoms with Gasteiger partial charge in [0.15, 0.2) is 5.16 Å². The fourth-order valence-corrected chi connectivity index (χ4v) is 3.44. The number of hydrogen-bond donors (Lipinski definition) is 1. The number of rotatable bonds is 7. The summed E-state index contributed by atoms with van der Waals surface area (Å²) in [7, 11) is 1.59. The van der Waals surface area contributed by atoms with Crippen molar-refractivity contribution in [2.45, 2.75) is 25.5 Å². The van der Waals surface area contributed by atoms with Gasteiger partial charge in [-0.15, -0.1) is 10.2 Å². The lowest BCUT2D eigenvalue weighted by Gasteiger charge is -2.11. The number of amides is 1. The van der Waals surface area contributed by atoms with Crippen molar-refractivity contribution in [2.24, 2.45) is 0 Å². The lowest BCUT2D eigenvalue weighted by molar-refractivity contribution is -0.113. The number of anilines is 1. The van der Waals surface area contributed by atoms with Crippen LogP contribution in [-0.2, 0) is 11.3 Å². The van der Waals surface area contributed by atoms with Crippen LogP contribution in [0.1, 0.15) is 17.0 Å². The molecule has 6 nitrogen and oxygen atoms in total. The molecule has 2 aromatic carbocycles. The zero-order valence-corrected chi connectivity index (χ0v) is 16.4. The zero-order valence-electron chi connectivity index (χ0n) is 15.6. The Bertz CT molecular complexity index is 925. The standard InChI is InChI=1S/C20H22N4O2S/c1-14-9-10-18(26-3)17(11-14)21-19(25)13-27-20-23-22-15(2)24(20)12-16-7-5-4-6-8-16/h4-11H,12-13H2,1-3H3,(H,21,25). The minimum Gasteiger partial charge on any atom is -0.495 e. The second kappa shape index (κ2) is 8.73. The van der Waals surface area contributed by atoms with Crippen LogP contribution in [-0.4, -0.2) is 33.5 Å². The summed E-state index contributed by atoms with van der Waals surface area (Å²) >= 11 is 1.37. The van der Waals surface area contributed by atoms with E-state index in [9.17, 15) is 4.79 Å². The van der Waals surface area contributed by atoms with Gasteiger partial charge in [-0.1, -0.05) is 48.2 Å². The molecule has 1 heterocycles. The van der Waals surface area contributed by atoms with Gasteiger partial charge in [-0.2, -0.15) is 0 Å². The summed E-state index contributed by atoms with van der Waals surface area (Å²) in [5.41, 5.74) is 2.89. The molecule has 0 atom stereocenters. The summed E-state index contributed by atoms with van der Waals surface area (Å²) in [5, 5.41) is 12.0. The Morgan fingerprint density at radius 3 is 2.67 bits per heavy atom. The molecule has 0 spiro atoms. The minimum atomic E-state index is -0.115. The van der Waals surface area contributed by atoms with Crippen LogP contribution >= 0.6 is 11.8 Å². The van der Waals surface area contributed by atoms with Gasteiger partial charge in [-0.3, -0.25) is 4.79 Å². The number of thioether (sulfide) groups is 1. The minimum absolute atomic E-state index is 0.115. The van der Waals surface area contributed by atoms with Gasteiger partial charge in [0.25, 0.3) is 0 Å². The predicted octanol–water partition coefficient (Wildman–Crippen LogP) is 3.68. The molecule has 0 aliphatic heterocycles. The number of aryl methyl sites for hydroxylation is 2. The van der Waals surface area contributed by atoms with Crippen LogP contribution in [0.3, 0.4) is 0 Å². The molecule has 0 saturated heterocycles. The molecular weight excluding hydrogens is 360 g/mol. The maximum atomic E-state index is 12.4. The van der Waals surface area contributed by atoms with Crippen molar-refractivity contribution in [1.29, 1.82) is 0 Å². The topological polar surface area (TPSA) is 69.0 Å². The molecule has 1 aromatic heterocycles. The molecular formula is C20H22N4O2S. The maximum absolute atomic E-state index is 12.4. The Morgan fingerprint density at radius 1 is 1.15 bits per heavy atom. The smallest absolute Gasteiger partial charge is 0.234 e. The van der Waals surface area contributed by atoms with E-state index in [1.54, 1.807) is 7.11 Å². The first-order valence-corrected chi connectivity index (χ1v) is 9.56. The van der Waals surface area contributed by atoms with E-state index in [-0.39, 0.29) is 11.7 Å². The van der Waals surface area contributed by atoms with Crippen LogP contribution in [0, 0.1) is 13.8 Å². The van der Waals surface area contributed by atoms with Crippen molar-refractivity contribution in [3.05, 3.63) is 65.5 Å². The molecule has 0 fully saturated rings. The normalized spacial score (nSPS) is 10.6. The molecule has 0 aliphatic carbocycles. The van der Waals surface area contributed by atoms with Crippen LogP contribution in [0.15, 0.2) is 53.7 Å². The lowest BCUT2D eigenvalue weighted by Crippen LogP contribution is -2.15. The lowest BCUT2D eigenvalue weighted by atomic mass is 10.2. The quantitative estimate of drug-likeness (QED) is 0.631. The van der Waals surface area contributed by atoms with Gasteiger partial charge >= 0.3 is 0 Å². The number of ether oxygens (including phenoxy) is 1. The molecule has 3 rings (SSSR count). The molecule has 0 saturated carbocycles. The SMILES string of the molecule is COc1ccc(C)cc1NC(=O)CSc1nnc(C)n1Cc1ccccc1. The summed E-state index contributed by atoms with van der Waals surface area (Å²) in [4.78, 5) is 12.4. The van der Waals surface area contributed by atoms with Crippen molar-refractivity contribution < 1.29 is 9.53 Å². The first-order valence-electron chi connectivity index (χ1n) is 8.58. The average Bonchev–Trinajstić information content (AvgIpc) is 3.01. The third kappa shape index (κ3) is 4.89. The van der Waals surface area contributed by atoms with Gasteiger partial charge in [0, 0.05) is 0 Å². The fraction of sp³-hybridized carbons (Fsp3) is 0.250. The molecule has 1 amide bonds. The molecule has 0 radical (unpaired) electrons. The zero-order chi connectivity index (χ0) is 19.2. The van der Waals surface area contributed by atoms with Crippen LogP contribution in [0.5, 0.6) is 5.75 Å². The Morgan fingerprint density at radius 2 is 1.93 bits per heavy atom. The summed E-state index contributed by atoms with van der Waals surface area (Å²) in [6, 6.07) is 15.8.